The van der Waals surface area contributed by atoms with Gasteiger partial charge in [-0.1, -0.05) is 12.1 Å². The lowest BCUT2D eigenvalue weighted by atomic mass is 10.1. The van der Waals surface area contributed by atoms with Crippen LogP contribution in [0, 0.1) is 11.3 Å². The number of anilines is 2. The van der Waals surface area contributed by atoms with Crippen LogP contribution >= 0.6 is 0 Å². The van der Waals surface area contributed by atoms with Crippen molar-refractivity contribution in [1.82, 2.24) is 19.7 Å². The maximum Gasteiger partial charge on any atom is 0.256 e. The molecule has 0 saturated carbocycles. The predicted octanol–water partition coefficient (Wildman–Crippen LogP) is 5.39. The summed E-state index contributed by atoms with van der Waals surface area (Å²) in [5.41, 5.74) is 2.58. The van der Waals surface area contributed by atoms with Gasteiger partial charge in [0.2, 0.25) is 0 Å². The van der Waals surface area contributed by atoms with Gasteiger partial charge in [0.05, 0.1) is 25.3 Å². The average Bonchev–Trinajstić information content (AvgIpc) is 3.39. The Morgan fingerprint density at radius 3 is 2.51 bits per heavy atom. The first-order valence-corrected chi connectivity index (χ1v) is 13.9. The Bertz CT molecular complexity index is 1770. The number of nitrogens with one attached hydrogen (secondary N) is 2. The zero-order valence-electron chi connectivity index (χ0n) is 23.5. The summed E-state index contributed by atoms with van der Waals surface area (Å²) in [4.78, 5) is 21.5. The number of nitriles is 1. The maximum atomic E-state index is 12.8. The van der Waals surface area contributed by atoms with Crippen LogP contribution in [0.3, 0.4) is 0 Å². The van der Waals surface area contributed by atoms with Gasteiger partial charge >= 0.3 is 0 Å². The molecule has 0 atom stereocenters. The van der Waals surface area contributed by atoms with E-state index in [1.807, 2.05) is 41.1 Å². The molecule has 4 heterocycles. The van der Waals surface area contributed by atoms with Gasteiger partial charge in [-0.3, -0.25) is 4.79 Å². The van der Waals surface area contributed by atoms with Crippen molar-refractivity contribution in [2.75, 3.05) is 31.0 Å². The quantitative estimate of drug-likeness (QED) is 0.237. The number of carbonyl (C=O) groups excluding carboxylic acids is 1. The third-order valence-corrected chi connectivity index (χ3v) is 7.12. The highest BCUT2D eigenvalue weighted by Crippen LogP contribution is 2.35. The summed E-state index contributed by atoms with van der Waals surface area (Å²) < 4.78 is 19.1. The first kappa shape index (κ1) is 27.7. The summed E-state index contributed by atoms with van der Waals surface area (Å²) in [5, 5.41) is 21.1. The number of amides is 1. The van der Waals surface area contributed by atoms with E-state index in [0.717, 1.165) is 29.5 Å². The summed E-state index contributed by atoms with van der Waals surface area (Å²) >= 11 is 0. The van der Waals surface area contributed by atoms with E-state index in [-0.39, 0.29) is 11.9 Å². The van der Waals surface area contributed by atoms with Crippen molar-refractivity contribution in [3.8, 4) is 23.3 Å². The van der Waals surface area contributed by atoms with E-state index in [2.05, 4.69) is 20.6 Å². The number of hydrogen-bond acceptors (Lipinski definition) is 9. The SMILES string of the molecule is COc1ccc(Cn2nc(NC3CCOCC3)c3c(Oc4ccc(C(=O)Nc5cc(C#N)ccn5)cc4)ccnc32)cc1. The van der Waals surface area contributed by atoms with Crippen molar-refractivity contribution in [1.29, 1.82) is 5.26 Å². The van der Waals surface area contributed by atoms with Crippen LogP contribution in [-0.2, 0) is 11.3 Å². The van der Waals surface area contributed by atoms with Crippen molar-refractivity contribution in [2.45, 2.75) is 25.4 Å². The first-order chi connectivity index (χ1) is 21.1. The fourth-order valence-electron chi connectivity index (χ4n) is 4.86. The van der Waals surface area contributed by atoms with Crippen LogP contribution in [0.5, 0.6) is 17.2 Å². The van der Waals surface area contributed by atoms with Crippen molar-refractivity contribution < 1.29 is 19.0 Å². The molecule has 2 N–H and O–H groups in total. The fourth-order valence-corrected chi connectivity index (χ4v) is 4.86. The van der Waals surface area contributed by atoms with E-state index in [9.17, 15) is 4.79 Å². The van der Waals surface area contributed by atoms with Gasteiger partial charge in [-0.25, -0.2) is 14.6 Å². The molecule has 6 rings (SSSR count). The summed E-state index contributed by atoms with van der Waals surface area (Å²) in [6, 6.07) is 21.8. The minimum Gasteiger partial charge on any atom is -0.497 e. The van der Waals surface area contributed by atoms with Crippen molar-refractivity contribution >= 4 is 28.6 Å². The lowest BCUT2D eigenvalue weighted by Gasteiger charge is -2.23. The summed E-state index contributed by atoms with van der Waals surface area (Å²) in [6.07, 6.45) is 4.93. The van der Waals surface area contributed by atoms with E-state index in [0.29, 0.717) is 59.7 Å². The highest BCUT2D eigenvalue weighted by molar-refractivity contribution is 6.03. The van der Waals surface area contributed by atoms with Crippen LogP contribution in [0.2, 0.25) is 0 Å². The first-order valence-electron chi connectivity index (χ1n) is 13.9. The minimum absolute atomic E-state index is 0.218. The van der Waals surface area contributed by atoms with Crippen molar-refractivity contribution in [3.05, 3.63) is 95.8 Å². The molecule has 5 aromatic rings. The molecule has 1 fully saturated rings. The zero-order valence-corrected chi connectivity index (χ0v) is 23.5. The number of ether oxygens (including phenoxy) is 3. The molecule has 1 aliphatic heterocycles. The molecule has 43 heavy (non-hydrogen) atoms. The van der Waals surface area contributed by atoms with E-state index in [1.54, 1.807) is 43.6 Å². The van der Waals surface area contributed by atoms with Crippen LogP contribution in [0.1, 0.15) is 34.3 Å². The highest BCUT2D eigenvalue weighted by Gasteiger charge is 2.22. The second-order valence-electron chi connectivity index (χ2n) is 10.0. The highest BCUT2D eigenvalue weighted by atomic mass is 16.5. The van der Waals surface area contributed by atoms with Crippen LogP contribution in [-0.4, -0.2) is 52.0 Å². The predicted molar refractivity (Wildman–Crippen MR) is 161 cm³/mol. The number of nitrogens with zero attached hydrogens (tertiary/aromatic N) is 5. The lowest BCUT2D eigenvalue weighted by Crippen LogP contribution is -2.28. The average molecular weight is 576 g/mol. The number of methoxy groups -OCH3 is 1. The number of aromatic nitrogens is 4. The Balaban J connectivity index is 1.26. The molecule has 11 heteroatoms. The Labute approximate surface area is 248 Å². The molecule has 0 bridgehead atoms. The van der Waals surface area contributed by atoms with E-state index < -0.39 is 0 Å². The largest absolute Gasteiger partial charge is 0.497 e. The van der Waals surface area contributed by atoms with E-state index in [1.165, 1.54) is 12.3 Å². The molecule has 0 spiro atoms. The van der Waals surface area contributed by atoms with Gasteiger partial charge in [0.25, 0.3) is 5.91 Å². The second-order valence-corrected chi connectivity index (χ2v) is 10.0. The Kier molecular flexibility index (Phi) is 8.10. The number of benzene rings is 2. The third-order valence-electron chi connectivity index (χ3n) is 7.12. The summed E-state index contributed by atoms with van der Waals surface area (Å²) in [7, 11) is 1.65. The van der Waals surface area contributed by atoms with Crippen LogP contribution in [0.15, 0.2) is 79.1 Å². The number of carbonyl (C=O) groups is 1. The molecule has 0 unspecified atom stereocenters. The molecule has 1 aliphatic rings. The number of hydrogen-bond donors (Lipinski definition) is 2. The molecule has 1 saturated heterocycles. The molecule has 2 aromatic carbocycles. The van der Waals surface area contributed by atoms with Gasteiger partial charge in [0.15, 0.2) is 11.5 Å². The molecule has 0 radical (unpaired) electrons. The van der Waals surface area contributed by atoms with Gasteiger partial charge in [-0.2, -0.15) is 10.4 Å². The topological polar surface area (TPSA) is 136 Å². The van der Waals surface area contributed by atoms with E-state index >= 15 is 0 Å². The normalized spacial score (nSPS) is 13.3. The third kappa shape index (κ3) is 6.39. The Morgan fingerprint density at radius 1 is 1.02 bits per heavy atom. The lowest BCUT2D eigenvalue weighted by molar-refractivity contribution is 0.0904. The molecular formula is C32H29N7O4. The standard InChI is InChI=1S/C32H29N7O4/c1-41-25-6-2-21(3-7-25)20-39-31-29(30(38-39)36-24-12-16-42-17-13-24)27(11-15-35-31)43-26-8-4-23(5-9-26)32(40)37-28-18-22(19-33)10-14-34-28/h2-11,14-15,18,24H,12-13,16-17,20H2,1H3,(H,36,38)(H,34,37,40). The minimum atomic E-state index is -0.344. The van der Waals surface area contributed by atoms with E-state index in [4.69, 9.17) is 24.6 Å². The molecule has 0 aliphatic carbocycles. The monoisotopic (exact) mass is 575 g/mol. The smallest absolute Gasteiger partial charge is 0.256 e. The van der Waals surface area contributed by atoms with Gasteiger partial charge in [-0.15, -0.1) is 0 Å². The molecule has 216 valence electrons. The molecule has 11 nitrogen and oxygen atoms in total. The maximum absolute atomic E-state index is 12.8. The molecular weight excluding hydrogens is 546 g/mol. The Hall–Kier alpha value is -5.47. The summed E-state index contributed by atoms with van der Waals surface area (Å²) in [6.45, 7) is 1.91. The van der Waals surface area contributed by atoms with Gasteiger partial charge in [-0.05, 0) is 66.9 Å². The fraction of sp³-hybridized carbons (Fsp3) is 0.219. The van der Waals surface area contributed by atoms with Crippen molar-refractivity contribution in [2.24, 2.45) is 0 Å². The van der Waals surface area contributed by atoms with Crippen molar-refractivity contribution in [3.63, 3.8) is 0 Å². The molecule has 1 amide bonds. The van der Waals surface area contributed by atoms with Crippen LogP contribution in [0.4, 0.5) is 11.6 Å². The number of pyridine rings is 2. The zero-order chi connectivity index (χ0) is 29.6. The Morgan fingerprint density at radius 2 is 1.77 bits per heavy atom. The molecule has 3 aromatic heterocycles. The number of rotatable bonds is 9. The van der Waals surface area contributed by atoms with Crippen LogP contribution in [0.25, 0.3) is 11.0 Å². The van der Waals surface area contributed by atoms with Crippen LogP contribution < -0.4 is 20.1 Å². The van der Waals surface area contributed by atoms with Gasteiger partial charge in [0.1, 0.15) is 28.5 Å². The van der Waals surface area contributed by atoms with Gasteiger partial charge < -0.3 is 24.8 Å². The summed E-state index contributed by atoms with van der Waals surface area (Å²) in [5.74, 6) is 2.59. The van der Waals surface area contributed by atoms with Gasteiger partial charge in [0, 0.05) is 43.3 Å². The number of fused-ring (bicyclic) bond motifs is 1. The second kappa shape index (κ2) is 12.6.